The second kappa shape index (κ2) is 3.66. The molecule has 0 saturated heterocycles. The van der Waals surface area contributed by atoms with Crippen molar-refractivity contribution in [1.29, 1.82) is 0 Å². The summed E-state index contributed by atoms with van der Waals surface area (Å²) >= 11 is 0. The van der Waals surface area contributed by atoms with Crippen LogP contribution >= 0.6 is 0 Å². The molecule has 1 aromatic rings. The molecule has 0 bridgehead atoms. The number of fused-ring (bicyclic) bond motifs is 1. The quantitative estimate of drug-likeness (QED) is 0.878. The van der Waals surface area contributed by atoms with Crippen LogP contribution in [0.2, 0.25) is 0 Å². The van der Waals surface area contributed by atoms with Crippen LogP contribution < -0.4 is 14.4 Å². The third kappa shape index (κ3) is 1.58. The maximum absolute atomic E-state index is 12.0. The van der Waals surface area contributed by atoms with Gasteiger partial charge in [-0.3, -0.25) is 9.69 Å². The van der Waals surface area contributed by atoms with Gasteiger partial charge in [0.05, 0.1) is 12.1 Å². The maximum Gasteiger partial charge on any atom is 0.263 e. The highest BCUT2D eigenvalue weighted by molar-refractivity contribution is 6.02. The van der Waals surface area contributed by atoms with Gasteiger partial charge in [0.25, 0.3) is 5.91 Å². The van der Waals surface area contributed by atoms with Gasteiger partial charge in [0, 0.05) is 11.8 Å². The second-order valence-electron chi connectivity index (χ2n) is 5.01. The van der Waals surface area contributed by atoms with E-state index in [9.17, 15) is 9.90 Å². The highest BCUT2D eigenvalue weighted by Crippen LogP contribution is 2.44. The molecule has 97 valence electrons. The lowest BCUT2D eigenvalue weighted by Gasteiger charge is -2.25. The lowest BCUT2D eigenvalue weighted by Crippen LogP contribution is -2.36. The molecule has 1 N–H and O–H groups in total. The third-order valence-electron chi connectivity index (χ3n) is 3.71. The molecule has 4 rings (SSSR count). The number of amides is 1. The molecular formula is C14H12NO4. The van der Waals surface area contributed by atoms with E-state index < -0.39 is 0 Å². The van der Waals surface area contributed by atoms with Gasteiger partial charge in [-0.15, -0.1) is 0 Å². The van der Waals surface area contributed by atoms with E-state index in [4.69, 9.17) is 9.47 Å². The van der Waals surface area contributed by atoms with Crippen molar-refractivity contribution < 1.29 is 19.4 Å². The normalized spacial score (nSPS) is 24.8. The first-order chi connectivity index (χ1) is 9.24. The standard InChI is InChI=1S/C14H12NO4/c16-10-6-13(17)15(14(10)8-1-2-8)9-3-4-11-12(5-9)19-7-18-11/h3-5,8,14,16H,1-2,7H2. The Hall–Kier alpha value is -2.17. The number of aliphatic hydroxyl groups is 1. The zero-order valence-electron chi connectivity index (χ0n) is 10.1. The van der Waals surface area contributed by atoms with Crippen LogP contribution in [-0.2, 0) is 4.79 Å². The molecule has 5 heteroatoms. The van der Waals surface area contributed by atoms with Crippen molar-refractivity contribution in [2.75, 3.05) is 11.7 Å². The number of hydrogen-bond acceptors (Lipinski definition) is 4. The summed E-state index contributed by atoms with van der Waals surface area (Å²) < 4.78 is 10.6. The summed E-state index contributed by atoms with van der Waals surface area (Å²) in [5.41, 5.74) is 0.711. The van der Waals surface area contributed by atoms with Crippen molar-refractivity contribution in [1.82, 2.24) is 0 Å². The number of carbonyl (C=O) groups excluding carboxylic acids is 1. The maximum atomic E-state index is 12.0. The molecule has 1 saturated carbocycles. The highest BCUT2D eigenvalue weighted by Gasteiger charge is 2.44. The van der Waals surface area contributed by atoms with Gasteiger partial charge in [0.2, 0.25) is 6.79 Å². The molecule has 2 aliphatic heterocycles. The zero-order valence-corrected chi connectivity index (χ0v) is 10.1. The van der Waals surface area contributed by atoms with Crippen molar-refractivity contribution in [2.45, 2.75) is 18.9 Å². The lowest BCUT2D eigenvalue weighted by molar-refractivity contribution is -0.114. The Kier molecular flexibility index (Phi) is 2.07. The van der Waals surface area contributed by atoms with Crippen LogP contribution in [0.3, 0.4) is 0 Å². The van der Waals surface area contributed by atoms with Crippen LogP contribution in [0.25, 0.3) is 0 Å². The molecule has 1 amide bonds. The van der Waals surface area contributed by atoms with Gasteiger partial charge in [-0.2, -0.15) is 0 Å². The van der Waals surface area contributed by atoms with Crippen molar-refractivity contribution in [2.24, 2.45) is 5.92 Å². The van der Waals surface area contributed by atoms with E-state index in [1.165, 1.54) is 0 Å². The van der Waals surface area contributed by atoms with Crippen LogP contribution in [0.5, 0.6) is 11.5 Å². The molecule has 2 heterocycles. The van der Waals surface area contributed by atoms with Gasteiger partial charge in [0.15, 0.2) is 11.5 Å². The SMILES string of the molecule is O=C1[C]=C(O)C(C2CC2)N1c1ccc2c(c1)OCO2. The molecule has 5 nitrogen and oxygen atoms in total. The zero-order chi connectivity index (χ0) is 13.0. The van der Waals surface area contributed by atoms with E-state index in [1.54, 1.807) is 23.1 Å². The van der Waals surface area contributed by atoms with Gasteiger partial charge in [-0.05, 0) is 30.9 Å². The predicted molar refractivity (Wildman–Crippen MR) is 65.9 cm³/mol. The largest absolute Gasteiger partial charge is 0.509 e. The fourth-order valence-corrected chi connectivity index (χ4v) is 2.65. The Balaban J connectivity index is 1.73. The summed E-state index contributed by atoms with van der Waals surface area (Å²) in [4.78, 5) is 13.6. The van der Waals surface area contributed by atoms with Crippen LogP contribution in [0, 0.1) is 12.0 Å². The van der Waals surface area contributed by atoms with Gasteiger partial charge < -0.3 is 14.6 Å². The Morgan fingerprint density at radius 1 is 1.26 bits per heavy atom. The first kappa shape index (κ1) is 10.7. The van der Waals surface area contributed by atoms with Crippen LogP contribution in [0.1, 0.15) is 12.8 Å². The first-order valence-electron chi connectivity index (χ1n) is 6.30. The van der Waals surface area contributed by atoms with E-state index in [1.807, 2.05) is 0 Å². The number of hydrogen-bond donors (Lipinski definition) is 1. The van der Waals surface area contributed by atoms with Crippen LogP contribution in [-0.4, -0.2) is 23.8 Å². The summed E-state index contributed by atoms with van der Waals surface area (Å²) in [6.45, 7) is 0.203. The van der Waals surface area contributed by atoms with Crippen molar-refractivity contribution in [3.05, 3.63) is 30.0 Å². The molecule has 1 aromatic carbocycles. The molecule has 1 radical (unpaired) electrons. The number of benzene rings is 1. The average molecular weight is 258 g/mol. The Morgan fingerprint density at radius 2 is 2.05 bits per heavy atom. The number of nitrogens with zero attached hydrogens (tertiary/aromatic N) is 1. The molecule has 0 aromatic heterocycles. The summed E-state index contributed by atoms with van der Waals surface area (Å²) in [7, 11) is 0. The third-order valence-corrected chi connectivity index (χ3v) is 3.71. The number of aliphatic hydroxyl groups excluding tert-OH is 1. The molecule has 3 aliphatic rings. The first-order valence-corrected chi connectivity index (χ1v) is 6.30. The molecule has 1 fully saturated rings. The Morgan fingerprint density at radius 3 is 2.84 bits per heavy atom. The molecule has 0 spiro atoms. The minimum atomic E-state index is -0.298. The summed E-state index contributed by atoms with van der Waals surface area (Å²) in [5.74, 6) is 1.40. The van der Waals surface area contributed by atoms with Crippen molar-refractivity contribution >= 4 is 11.6 Å². The van der Waals surface area contributed by atoms with Gasteiger partial charge >= 0.3 is 0 Å². The van der Waals surface area contributed by atoms with Crippen LogP contribution in [0.4, 0.5) is 5.69 Å². The van der Waals surface area contributed by atoms with Gasteiger partial charge in [0.1, 0.15) is 5.76 Å². The number of carbonyl (C=O) groups is 1. The highest BCUT2D eigenvalue weighted by atomic mass is 16.7. The average Bonchev–Trinajstić information content (AvgIpc) is 3.03. The molecular weight excluding hydrogens is 246 g/mol. The Bertz CT molecular complexity index is 591. The van der Waals surface area contributed by atoms with E-state index >= 15 is 0 Å². The minimum Gasteiger partial charge on any atom is -0.509 e. The van der Waals surface area contributed by atoms with E-state index in [0.717, 1.165) is 12.8 Å². The molecule has 19 heavy (non-hydrogen) atoms. The minimum absolute atomic E-state index is 0.0465. The summed E-state index contributed by atoms with van der Waals surface area (Å²) in [6.07, 6.45) is 4.56. The lowest BCUT2D eigenvalue weighted by atomic mass is 10.1. The topological polar surface area (TPSA) is 59.0 Å². The number of anilines is 1. The summed E-state index contributed by atoms with van der Waals surface area (Å²) in [6, 6.07) is 5.09. The summed E-state index contributed by atoms with van der Waals surface area (Å²) in [5, 5.41) is 9.88. The molecule has 1 aliphatic carbocycles. The van der Waals surface area contributed by atoms with E-state index in [0.29, 0.717) is 23.1 Å². The molecule has 1 unspecified atom stereocenters. The number of ether oxygens (including phenoxy) is 2. The smallest absolute Gasteiger partial charge is 0.263 e. The monoisotopic (exact) mass is 258 g/mol. The second-order valence-corrected chi connectivity index (χ2v) is 5.01. The van der Waals surface area contributed by atoms with Crippen molar-refractivity contribution in [3.8, 4) is 11.5 Å². The van der Waals surface area contributed by atoms with Crippen LogP contribution in [0.15, 0.2) is 24.0 Å². The Labute approximate surface area is 110 Å². The molecule has 1 atom stereocenters. The van der Waals surface area contributed by atoms with E-state index in [2.05, 4.69) is 6.08 Å². The van der Waals surface area contributed by atoms with Gasteiger partial charge in [-0.1, -0.05) is 0 Å². The van der Waals surface area contributed by atoms with E-state index in [-0.39, 0.29) is 24.5 Å². The van der Waals surface area contributed by atoms with Gasteiger partial charge in [-0.25, -0.2) is 0 Å². The fourth-order valence-electron chi connectivity index (χ4n) is 2.65. The number of rotatable bonds is 2. The fraction of sp³-hybridized carbons (Fsp3) is 0.357. The predicted octanol–water partition coefficient (Wildman–Crippen LogP) is 1.79. The van der Waals surface area contributed by atoms with Crippen molar-refractivity contribution in [3.63, 3.8) is 0 Å².